The van der Waals surface area contributed by atoms with Crippen LogP contribution in [0.1, 0.15) is 29.8 Å². The molecule has 0 saturated heterocycles. The smallest absolute Gasteiger partial charge is 0.123 e. The van der Waals surface area contributed by atoms with E-state index in [1.807, 2.05) is 6.07 Å². The van der Waals surface area contributed by atoms with Crippen molar-refractivity contribution in [2.24, 2.45) is 0 Å². The van der Waals surface area contributed by atoms with Gasteiger partial charge in [-0.1, -0.05) is 25.1 Å². The average molecular weight is 263 g/mol. The van der Waals surface area contributed by atoms with E-state index < -0.39 is 0 Å². The van der Waals surface area contributed by atoms with Gasteiger partial charge in [-0.05, 0) is 42.0 Å². The molecule has 2 aromatic rings. The highest BCUT2D eigenvalue weighted by Crippen LogP contribution is 2.17. The Morgan fingerprint density at radius 1 is 1.28 bits per heavy atom. The highest BCUT2D eigenvalue weighted by atomic mass is 32.1. The SMILES string of the molecule is CCC(NCCc1cccs1)c1cccc(F)c1. The summed E-state index contributed by atoms with van der Waals surface area (Å²) in [6.45, 7) is 3.04. The van der Waals surface area contributed by atoms with Crippen molar-refractivity contribution in [3.8, 4) is 0 Å². The van der Waals surface area contributed by atoms with E-state index in [0.29, 0.717) is 0 Å². The molecule has 0 aliphatic rings. The minimum Gasteiger partial charge on any atom is -0.310 e. The van der Waals surface area contributed by atoms with E-state index >= 15 is 0 Å². The van der Waals surface area contributed by atoms with Gasteiger partial charge in [-0.2, -0.15) is 0 Å². The minimum absolute atomic E-state index is 0.161. The van der Waals surface area contributed by atoms with Crippen molar-refractivity contribution in [3.05, 3.63) is 58.0 Å². The molecule has 0 radical (unpaired) electrons. The van der Waals surface area contributed by atoms with Crippen molar-refractivity contribution >= 4 is 11.3 Å². The molecular formula is C15H18FNS. The molecule has 0 aliphatic carbocycles. The van der Waals surface area contributed by atoms with E-state index in [1.54, 1.807) is 23.5 Å². The molecule has 1 aromatic carbocycles. The van der Waals surface area contributed by atoms with Crippen LogP contribution in [-0.2, 0) is 6.42 Å². The van der Waals surface area contributed by atoms with E-state index in [-0.39, 0.29) is 11.9 Å². The number of rotatable bonds is 6. The van der Waals surface area contributed by atoms with Crippen molar-refractivity contribution in [1.82, 2.24) is 5.32 Å². The lowest BCUT2D eigenvalue weighted by Gasteiger charge is -2.17. The van der Waals surface area contributed by atoms with Crippen LogP contribution in [-0.4, -0.2) is 6.54 Å². The fourth-order valence-electron chi connectivity index (χ4n) is 2.05. The minimum atomic E-state index is -0.161. The van der Waals surface area contributed by atoms with Gasteiger partial charge in [0, 0.05) is 17.5 Å². The summed E-state index contributed by atoms with van der Waals surface area (Å²) in [5.74, 6) is -0.161. The highest BCUT2D eigenvalue weighted by Gasteiger charge is 2.08. The molecule has 1 unspecified atom stereocenters. The van der Waals surface area contributed by atoms with E-state index in [9.17, 15) is 4.39 Å². The monoisotopic (exact) mass is 263 g/mol. The van der Waals surface area contributed by atoms with Crippen LogP contribution in [0.15, 0.2) is 41.8 Å². The third-order valence-corrected chi connectivity index (χ3v) is 3.94. The molecule has 1 heterocycles. The third-order valence-electron chi connectivity index (χ3n) is 3.00. The van der Waals surface area contributed by atoms with Gasteiger partial charge in [0.1, 0.15) is 5.82 Å². The number of halogens is 1. The molecule has 1 nitrogen and oxygen atoms in total. The fraction of sp³-hybridized carbons (Fsp3) is 0.333. The van der Waals surface area contributed by atoms with Gasteiger partial charge in [0.15, 0.2) is 0 Å². The molecule has 0 saturated carbocycles. The second-order valence-corrected chi connectivity index (χ2v) is 5.33. The van der Waals surface area contributed by atoms with Gasteiger partial charge in [-0.15, -0.1) is 11.3 Å². The summed E-state index contributed by atoms with van der Waals surface area (Å²) >= 11 is 1.78. The molecule has 1 atom stereocenters. The number of thiophene rings is 1. The highest BCUT2D eigenvalue weighted by molar-refractivity contribution is 7.09. The predicted octanol–water partition coefficient (Wildman–Crippen LogP) is 4.17. The number of benzene rings is 1. The maximum Gasteiger partial charge on any atom is 0.123 e. The molecule has 0 fully saturated rings. The largest absolute Gasteiger partial charge is 0.310 e. The molecular weight excluding hydrogens is 245 g/mol. The summed E-state index contributed by atoms with van der Waals surface area (Å²) in [4.78, 5) is 1.39. The Hall–Kier alpha value is -1.19. The lowest BCUT2D eigenvalue weighted by Crippen LogP contribution is -2.23. The average Bonchev–Trinajstić information content (AvgIpc) is 2.88. The predicted molar refractivity (Wildman–Crippen MR) is 75.5 cm³/mol. The van der Waals surface area contributed by atoms with Crippen LogP contribution < -0.4 is 5.32 Å². The molecule has 0 spiro atoms. The molecule has 1 aromatic heterocycles. The lowest BCUT2D eigenvalue weighted by atomic mass is 10.0. The summed E-state index contributed by atoms with van der Waals surface area (Å²) in [7, 11) is 0. The number of nitrogens with one attached hydrogen (secondary N) is 1. The summed E-state index contributed by atoms with van der Waals surface area (Å²) in [6.07, 6.45) is 2.00. The molecule has 18 heavy (non-hydrogen) atoms. The van der Waals surface area contributed by atoms with Crippen molar-refractivity contribution in [2.75, 3.05) is 6.54 Å². The Morgan fingerprint density at radius 2 is 2.17 bits per heavy atom. The third kappa shape index (κ3) is 3.65. The first-order valence-electron chi connectivity index (χ1n) is 6.31. The van der Waals surface area contributed by atoms with Gasteiger partial charge in [-0.3, -0.25) is 0 Å². The fourth-order valence-corrected chi connectivity index (χ4v) is 2.75. The first kappa shape index (κ1) is 13.2. The maximum atomic E-state index is 13.2. The quantitative estimate of drug-likeness (QED) is 0.824. The van der Waals surface area contributed by atoms with Gasteiger partial charge >= 0.3 is 0 Å². The van der Waals surface area contributed by atoms with Crippen molar-refractivity contribution < 1.29 is 4.39 Å². The van der Waals surface area contributed by atoms with Gasteiger partial charge in [-0.25, -0.2) is 4.39 Å². The summed E-state index contributed by atoms with van der Waals surface area (Å²) in [5.41, 5.74) is 1.03. The van der Waals surface area contributed by atoms with Crippen molar-refractivity contribution in [2.45, 2.75) is 25.8 Å². The van der Waals surface area contributed by atoms with Crippen LogP contribution in [0.25, 0.3) is 0 Å². The van der Waals surface area contributed by atoms with Crippen LogP contribution in [0, 0.1) is 5.82 Å². The van der Waals surface area contributed by atoms with E-state index in [2.05, 4.69) is 29.8 Å². The first-order chi connectivity index (χ1) is 8.79. The van der Waals surface area contributed by atoms with Crippen LogP contribution >= 0.6 is 11.3 Å². The van der Waals surface area contributed by atoms with Crippen LogP contribution in [0.4, 0.5) is 4.39 Å². The Morgan fingerprint density at radius 3 is 2.83 bits per heavy atom. The Bertz CT molecular complexity index is 467. The molecule has 0 amide bonds. The van der Waals surface area contributed by atoms with E-state index in [0.717, 1.165) is 24.9 Å². The second kappa shape index (κ2) is 6.66. The maximum absolute atomic E-state index is 13.2. The number of hydrogen-bond acceptors (Lipinski definition) is 2. The van der Waals surface area contributed by atoms with Crippen LogP contribution in [0.5, 0.6) is 0 Å². The van der Waals surface area contributed by atoms with E-state index in [1.165, 1.54) is 10.9 Å². The second-order valence-electron chi connectivity index (χ2n) is 4.30. The molecule has 0 aliphatic heterocycles. The topological polar surface area (TPSA) is 12.0 Å². The molecule has 96 valence electrons. The lowest BCUT2D eigenvalue weighted by molar-refractivity contribution is 0.519. The normalized spacial score (nSPS) is 12.6. The summed E-state index contributed by atoms with van der Waals surface area (Å²) < 4.78 is 13.2. The summed E-state index contributed by atoms with van der Waals surface area (Å²) in [6, 6.07) is 11.3. The van der Waals surface area contributed by atoms with E-state index in [4.69, 9.17) is 0 Å². The Labute approximate surface area is 112 Å². The van der Waals surface area contributed by atoms with Crippen molar-refractivity contribution in [3.63, 3.8) is 0 Å². The molecule has 3 heteroatoms. The standard InChI is InChI=1S/C15H18FNS/c1-2-15(12-5-3-6-13(16)11-12)17-9-8-14-7-4-10-18-14/h3-7,10-11,15,17H,2,8-9H2,1H3. The molecule has 2 rings (SSSR count). The van der Waals surface area contributed by atoms with Crippen molar-refractivity contribution in [1.29, 1.82) is 0 Å². The molecule has 1 N–H and O–H groups in total. The summed E-state index contributed by atoms with van der Waals surface area (Å²) in [5, 5.41) is 5.59. The van der Waals surface area contributed by atoms with Gasteiger partial charge in [0.2, 0.25) is 0 Å². The number of hydrogen-bond donors (Lipinski definition) is 1. The first-order valence-corrected chi connectivity index (χ1v) is 7.18. The van der Waals surface area contributed by atoms with Gasteiger partial charge < -0.3 is 5.32 Å². The Balaban J connectivity index is 1.89. The zero-order valence-electron chi connectivity index (χ0n) is 10.5. The van der Waals surface area contributed by atoms with Gasteiger partial charge in [0.05, 0.1) is 0 Å². The van der Waals surface area contributed by atoms with Gasteiger partial charge in [0.25, 0.3) is 0 Å². The molecule has 0 bridgehead atoms. The van der Waals surface area contributed by atoms with Crippen LogP contribution in [0.3, 0.4) is 0 Å². The zero-order valence-corrected chi connectivity index (χ0v) is 11.3. The van der Waals surface area contributed by atoms with Crippen LogP contribution in [0.2, 0.25) is 0 Å². The zero-order chi connectivity index (χ0) is 12.8. The Kier molecular flexibility index (Phi) is 4.90.